The first-order chi connectivity index (χ1) is 50.3. The van der Waals surface area contributed by atoms with Crippen molar-refractivity contribution in [1.29, 1.82) is 0 Å². The fourth-order valence-electron chi connectivity index (χ4n) is 16.3. The number of alkyl halides is 3. The van der Waals surface area contributed by atoms with E-state index in [1.807, 2.05) is 88.4 Å². The lowest BCUT2D eigenvalue weighted by atomic mass is 9.71. The second-order valence-corrected chi connectivity index (χ2v) is 36.7. The van der Waals surface area contributed by atoms with Crippen LogP contribution in [-0.2, 0) is 50.0 Å². The number of halogens is 4. The molecule has 2 aliphatic carbocycles. The predicted octanol–water partition coefficient (Wildman–Crippen LogP) is 11.1. The van der Waals surface area contributed by atoms with E-state index in [0.717, 1.165) is 104 Å². The van der Waals surface area contributed by atoms with E-state index in [1.165, 1.54) is 28.2 Å². The van der Waals surface area contributed by atoms with Gasteiger partial charge in [-0.05, 0) is 171 Å². The van der Waals surface area contributed by atoms with Crippen molar-refractivity contribution in [3.05, 3.63) is 135 Å². The Hall–Kier alpha value is -6.62. The molecule has 1 saturated carbocycles. The summed E-state index contributed by atoms with van der Waals surface area (Å²) >= 11 is 7.97. The van der Waals surface area contributed by atoms with E-state index in [2.05, 4.69) is 54.3 Å². The fraction of sp³-hybridized carbons (Fsp3) is 0.570. The fourth-order valence-corrected chi connectivity index (χ4v) is 19.5. The van der Waals surface area contributed by atoms with Gasteiger partial charge in [0, 0.05) is 120 Å². The van der Waals surface area contributed by atoms with Gasteiger partial charge in [0.15, 0.2) is 15.6 Å². The number of aryl methyl sites for hydroxylation is 1. The highest BCUT2D eigenvalue weighted by molar-refractivity contribution is 7.93. The van der Waals surface area contributed by atoms with Crippen LogP contribution in [-0.4, -0.2) is 215 Å². The molecule has 106 heavy (non-hydrogen) atoms. The molecule has 20 nitrogen and oxygen atoms in total. The van der Waals surface area contributed by atoms with Crippen LogP contribution in [0.1, 0.15) is 145 Å². The molecule has 27 heteroatoms. The Kier molecular flexibility index (Phi) is 25.9. The van der Waals surface area contributed by atoms with Crippen molar-refractivity contribution in [2.24, 2.45) is 28.6 Å². The van der Waals surface area contributed by atoms with E-state index in [9.17, 15) is 59.1 Å². The standard InChI is InChI=1S/C79H103ClF3N9O11S3/c1-8-54(28-30-87-39-41-103-42-40-87)43-61-21-26-66(45-70(61)106(101,102)79(81,82)83)105(99,100)49-69(94)57-19-24-64(25-20-57)90-35-31-88(32-36-90)47-62-46-78(7,29-27-67(62)56-17-22-63(80)23-18-56)50-89-33-37-91(38-34-89)75(97)60-15-13-59(14-16-60)73(95)86-72(77(4,5)6)76(98)92-48-65(93)44-68(92)74(96)85-52(2)55-9-11-58(12-10-55)71-53(3)84-51-104-71/h9-12,17-26,45,51-52,54,59-60,65,68,72,93H,8,13-16,27-44,46-50H2,1-7H3,(H,85,96)(H,86,95)/t52-,54-,59?,60?,65+,68-,72+,78?/m0/s1. The lowest BCUT2D eigenvalue weighted by molar-refractivity contribution is -0.145. The third-order valence-electron chi connectivity index (χ3n) is 22.7. The number of Topliss-reactive ketones (excluding diaryl/α,β-unsaturated/α-hetero) is 1. The van der Waals surface area contributed by atoms with Crippen molar-refractivity contribution in [2.45, 2.75) is 159 Å². The molecule has 5 aromatic rings. The summed E-state index contributed by atoms with van der Waals surface area (Å²) in [5, 5.41) is 17.7. The first-order valence-electron chi connectivity index (χ1n) is 37.4. The van der Waals surface area contributed by atoms with Gasteiger partial charge >= 0.3 is 5.51 Å². The van der Waals surface area contributed by atoms with Crippen LogP contribution < -0.4 is 15.5 Å². The molecule has 3 N–H and O–H groups in total. The maximum Gasteiger partial charge on any atom is 0.501 e. The zero-order valence-corrected chi connectivity index (χ0v) is 65.2. The monoisotopic (exact) mass is 1540 g/mol. The van der Waals surface area contributed by atoms with Gasteiger partial charge < -0.3 is 35.2 Å². The maximum atomic E-state index is 14.5. The van der Waals surface area contributed by atoms with Crippen LogP contribution in [0.5, 0.6) is 0 Å². The van der Waals surface area contributed by atoms with Gasteiger partial charge in [0.25, 0.3) is 9.84 Å². The number of rotatable bonds is 25. The number of hydrogen-bond acceptors (Lipinski definition) is 17. The van der Waals surface area contributed by atoms with Crippen LogP contribution in [0.3, 0.4) is 0 Å². The molecule has 4 aromatic carbocycles. The van der Waals surface area contributed by atoms with E-state index in [1.54, 1.807) is 23.5 Å². The third-order valence-corrected chi connectivity index (χ3v) is 27.1. The maximum absolute atomic E-state index is 14.5. The second-order valence-electron chi connectivity index (χ2n) is 31.5. The van der Waals surface area contributed by atoms with Gasteiger partial charge in [-0.1, -0.05) is 101 Å². The van der Waals surface area contributed by atoms with Crippen molar-refractivity contribution >= 4 is 83.3 Å². The van der Waals surface area contributed by atoms with Crippen LogP contribution >= 0.6 is 22.9 Å². The van der Waals surface area contributed by atoms with Crippen molar-refractivity contribution in [3.8, 4) is 10.4 Å². The van der Waals surface area contributed by atoms with Crippen LogP contribution in [0, 0.1) is 35.5 Å². The highest BCUT2D eigenvalue weighted by Crippen LogP contribution is 2.45. The van der Waals surface area contributed by atoms with E-state index in [-0.39, 0.29) is 71.5 Å². The Bertz CT molecular complexity index is 4200. The second kappa shape index (κ2) is 34.1. The summed E-state index contributed by atoms with van der Waals surface area (Å²) in [5.41, 5.74) is 2.88. The molecular formula is C79H103ClF3N9O11S3. The molecule has 1 unspecified atom stereocenters. The number of carbonyl (C=O) groups is 5. The van der Waals surface area contributed by atoms with Crippen molar-refractivity contribution in [2.75, 3.05) is 115 Å². The molecule has 4 amide bonds. The van der Waals surface area contributed by atoms with E-state index in [0.29, 0.717) is 109 Å². The molecule has 11 rings (SSSR count). The minimum atomic E-state index is -5.96. The summed E-state index contributed by atoms with van der Waals surface area (Å²) in [6.07, 6.45) is 5.19. The first kappa shape index (κ1) is 80.4. The van der Waals surface area contributed by atoms with Crippen molar-refractivity contribution in [1.82, 2.24) is 40.1 Å². The molecule has 576 valence electrons. The Morgan fingerprint density at radius 2 is 1.42 bits per heavy atom. The zero-order chi connectivity index (χ0) is 76.0. The third kappa shape index (κ3) is 19.5. The quantitative estimate of drug-likeness (QED) is 0.0460. The Morgan fingerprint density at radius 1 is 0.783 bits per heavy atom. The Labute approximate surface area is 631 Å². The van der Waals surface area contributed by atoms with Gasteiger partial charge in [-0.25, -0.2) is 21.8 Å². The van der Waals surface area contributed by atoms with Gasteiger partial charge in [0.05, 0.1) is 51.2 Å². The topological polar surface area (TPSA) is 239 Å². The number of β-amino-alcohol motifs (C(OH)–C–C–N with tert-alkyl or cyclic N) is 1. The number of nitrogens with one attached hydrogen (secondary N) is 2. The van der Waals surface area contributed by atoms with E-state index >= 15 is 0 Å². The number of ether oxygens (including phenoxy) is 1. The molecule has 6 atom stereocenters. The van der Waals surface area contributed by atoms with Gasteiger partial charge in [-0.15, -0.1) is 11.3 Å². The number of benzene rings is 4. The smallest absolute Gasteiger partial charge is 0.391 e. The number of sulfone groups is 2. The van der Waals surface area contributed by atoms with Gasteiger partial charge in [-0.2, -0.15) is 13.2 Å². The molecule has 6 aliphatic rings. The Morgan fingerprint density at radius 3 is 2.05 bits per heavy atom. The highest BCUT2D eigenvalue weighted by atomic mass is 35.5. The SMILES string of the molecule is CC[C@@H](CCN1CCOCC1)Cc1ccc(S(=O)(=O)CC(=O)c2ccc(N3CCN(CC4=C(c5ccc(Cl)cc5)CCC(C)(CN5CCN(C(=O)C6CCC(C(=O)N[C@H](C(=O)N7C[C@H](O)C[C@H]7C(=O)N[C@@H](C)c7ccc(-c8scnc8C)cc7)C(C)(C)C)CC6)CC5)C4)CC3)cc2)cc1S(=O)(=O)C(F)(F)F. The summed E-state index contributed by atoms with van der Waals surface area (Å²) in [5.74, 6) is -3.57. The van der Waals surface area contributed by atoms with Crippen LogP contribution in [0.2, 0.25) is 5.02 Å². The number of carbonyl (C=O) groups excluding carboxylic acids is 5. The Balaban J connectivity index is 0.644. The molecule has 5 heterocycles. The molecule has 4 saturated heterocycles. The van der Waals surface area contributed by atoms with Gasteiger partial charge in [0.1, 0.15) is 17.8 Å². The summed E-state index contributed by atoms with van der Waals surface area (Å²) in [6, 6.07) is 23.1. The number of thiazole rings is 1. The summed E-state index contributed by atoms with van der Waals surface area (Å²) in [6.45, 7) is 24.1. The van der Waals surface area contributed by atoms with Crippen molar-refractivity contribution < 1.29 is 63.8 Å². The summed E-state index contributed by atoms with van der Waals surface area (Å²) in [4.78, 5) is 86.9. The normalized spacial score (nSPS) is 23.0. The van der Waals surface area contributed by atoms with Crippen molar-refractivity contribution in [3.63, 3.8) is 0 Å². The van der Waals surface area contributed by atoms with E-state index in [4.69, 9.17) is 16.3 Å². The summed E-state index contributed by atoms with van der Waals surface area (Å²) < 4.78 is 102. The average molecular weight is 1540 g/mol. The van der Waals surface area contributed by atoms with Crippen LogP contribution in [0.15, 0.2) is 112 Å². The number of nitrogens with zero attached hydrogens (tertiary/aromatic N) is 7. The minimum Gasteiger partial charge on any atom is -0.391 e. The number of aliphatic hydroxyl groups excluding tert-OH is 1. The number of ketones is 1. The number of anilines is 1. The lowest BCUT2D eigenvalue weighted by Crippen LogP contribution is -2.58. The number of likely N-dealkylation sites (tertiary alicyclic amines) is 1. The number of allylic oxidation sites excluding steroid dienone is 1. The summed E-state index contributed by atoms with van der Waals surface area (Å²) in [7, 11) is -10.6. The minimum absolute atomic E-state index is 0.00941. The zero-order valence-electron chi connectivity index (χ0n) is 62.0. The molecule has 5 fully saturated rings. The molecule has 1 aromatic heterocycles. The molecule has 0 spiro atoms. The van der Waals surface area contributed by atoms with Gasteiger partial charge in [-0.3, -0.25) is 38.7 Å². The molecule has 4 aliphatic heterocycles. The number of amides is 4. The van der Waals surface area contributed by atoms with Crippen LogP contribution in [0.25, 0.3) is 16.0 Å². The first-order valence-corrected chi connectivity index (χ1v) is 41.8. The van der Waals surface area contributed by atoms with Gasteiger partial charge in [0.2, 0.25) is 23.6 Å². The number of aliphatic hydroxyl groups is 1. The lowest BCUT2D eigenvalue weighted by Gasteiger charge is -2.44. The number of piperazine rings is 2. The highest BCUT2D eigenvalue weighted by Gasteiger charge is 2.49. The average Bonchev–Trinajstić information content (AvgIpc) is 0.903. The van der Waals surface area contributed by atoms with E-state index < -0.39 is 81.9 Å². The number of hydrogen-bond donors (Lipinski definition) is 3. The number of aromatic nitrogens is 1. The molecule has 0 radical (unpaired) electrons. The number of morpholine rings is 1. The molecular weight excluding hydrogens is 1440 g/mol. The largest absolute Gasteiger partial charge is 0.501 e. The predicted molar refractivity (Wildman–Crippen MR) is 406 cm³/mol. The molecule has 0 bridgehead atoms. The van der Waals surface area contributed by atoms with Crippen LogP contribution in [0.4, 0.5) is 18.9 Å².